The van der Waals surface area contributed by atoms with Gasteiger partial charge in [-0.1, -0.05) is 38.0 Å². The number of unbranched alkanes of at least 4 members (excludes halogenated alkanes) is 3. The number of hydrogen-bond acceptors (Lipinski definition) is 24. The molecule has 75 heavy (non-hydrogen) atoms. The van der Waals surface area contributed by atoms with Crippen molar-refractivity contribution >= 4 is 22.6 Å². The van der Waals surface area contributed by atoms with Gasteiger partial charge in [0.2, 0.25) is 5.91 Å². The van der Waals surface area contributed by atoms with Crippen LogP contribution in [0.15, 0.2) is 42.5 Å². The molecule has 428 valence electrons. The summed E-state index contributed by atoms with van der Waals surface area (Å²) in [5, 5.41) is 168. The minimum atomic E-state index is -1.88. The van der Waals surface area contributed by atoms with Gasteiger partial charge < -0.3 is 97.9 Å². The molecule has 1 aliphatic rings. The van der Waals surface area contributed by atoms with Gasteiger partial charge in [-0.25, -0.2) is 4.98 Å². The van der Waals surface area contributed by atoms with E-state index in [1.54, 1.807) is 4.90 Å². The van der Waals surface area contributed by atoms with Gasteiger partial charge in [0, 0.05) is 50.4 Å². The van der Waals surface area contributed by atoms with E-state index in [1.165, 1.54) is 0 Å². The van der Waals surface area contributed by atoms with Gasteiger partial charge in [-0.05, 0) is 87.5 Å². The van der Waals surface area contributed by atoms with Crippen LogP contribution in [0.25, 0.3) is 11.0 Å². The van der Waals surface area contributed by atoms with Crippen LogP contribution in [0.4, 0.5) is 5.69 Å². The Morgan fingerprint density at radius 1 is 0.800 bits per heavy atom. The molecule has 1 amide bonds. The van der Waals surface area contributed by atoms with E-state index >= 15 is 0 Å². The minimum Gasteiger partial charge on any atom is -0.394 e. The summed E-state index contributed by atoms with van der Waals surface area (Å²) in [5.74, 6) is 0.0907. The van der Waals surface area contributed by atoms with Crippen LogP contribution in [0.3, 0.4) is 0 Å². The van der Waals surface area contributed by atoms with E-state index in [4.69, 9.17) is 15.9 Å². The lowest BCUT2D eigenvalue weighted by atomic mass is 10.0. The fraction of sp³-hybridized carbons (Fsp3) is 0.714. The predicted molar refractivity (Wildman–Crippen MR) is 274 cm³/mol. The van der Waals surface area contributed by atoms with Crippen molar-refractivity contribution in [1.82, 2.24) is 41.0 Å². The summed E-state index contributed by atoms with van der Waals surface area (Å²) in [7, 11) is 1.83. The SMILES string of the molecule is CCC1Nc2ccc([C@@H](O)N(C)Cc3nc4ccccc4[nH]3)cc2CN(CCCCCCN[C@H](O)[C@H](CC[C@@H](O)NC[C@@H](O)[C@@H](O)[C@H](O)[C@H](O)CO)N[C@H](O)[C@@H](N)CCC(=O)NC[C@@H](O)[C@H](O)[C@@H](O)[C@H](O)CO)[C@@H]1O. The molecular weight excluding hydrogens is 985 g/mol. The number of nitrogens with two attached hydrogens (primary N) is 1. The second kappa shape index (κ2) is 32.3. The molecule has 0 spiro atoms. The van der Waals surface area contributed by atoms with Crippen LogP contribution in [0, 0.1) is 0 Å². The zero-order valence-corrected chi connectivity index (χ0v) is 42.8. The van der Waals surface area contributed by atoms with Crippen LogP contribution in [-0.4, -0.2) is 241 Å². The van der Waals surface area contributed by atoms with Gasteiger partial charge in [0.25, 0.3) is 0 Å². The highest BCUT2D eigenvalue weighted by Gasteiger charge is 2.33. The van der Waals surface area contributed by atoms with Crippen LogP contribution < -0.4 is 32.3 Å². The number of anilines is 1. The number of hydrogen-bond donors (Lipinski definition) is 22. The summed E-state index contributed by atoms with van der Waals surface area (Å²) in [4.78, 5) is 24.3. The van der Waals surface area contributed by atoms with Gasteiger partial charge in [0.15, 0.2) is 0 Å². The molecule has 23 N–H and O–H groups in total. The van der Waals surface area contributed by atoms with E-state index in [9.17, 15) is 71.2 Å². The third kappa shape index (κ3) is 19.9. The zero-order valence-electron chi connectivity index (χ0n) is 42.8. The molecule has 2 aromatic carbocycles. The Hall–Kier alpha value is -3.66. The van der Waals surface area contributed by atoms with Gasteiger partial charge in [-0.2, -0.15) is 0 Å². The van der Waals surface area contributed by atoms with Crippen LogP contribution in [0.1, 0.15) is 87.9 Å². The summed E-state index contributed by atoms with van der Waals surface area (Å²) < 4.78 is 0. The van der Waals surface area contributed by atoms with Gasteiger partial charge in [0.05, 0.1) is 49.0 Å². The number of nitrogens with one attached hydrogen (secondary N) is 6. The first-order valence-corrected chi connectivity index (χ1v) is 25.8. The molecule has 1 aliphatic heterocycles. The molecule has 0 saturated carbocycles. The normalized spacial score (nSPS) is 21.1. The highest BCUT2D eigenvalue weighted by atomic mass is 16.4. The van der Waals surface area contributed by atoms with E-state index in [0.29, 0.717) is 44.6 Å². The number of rotatable bonds is 36. The number of benzene rings is 2. The molecule has 2 heterocycles. The van der Waals surface area contributed by atoms with Crippen molar-refractivity contribution in [2.24, 2.45) is 5.73 Å². The van der Waals surface area contributed by atoms with Crippen molar-refractivity contribution in [1.29, 1.82) is 0 Å². The lowest BCUT2D eigenvalue weighted by Gasteiger charge is -2.31. The first-order valence-electron chi connectivity index (χ1n) is 25.8. The van der Waals surface area contributed by atoms with Crippen molar-refractivity contribution in [3.05, 3.63) is 59.4 Å². The molecule has 16 atom stereocenters. The highest BCUT2D eigenvalue weighted by molar-refractivity contribution is 5.76. The van der Waals surface area contributed by atoms with Crippen molar-refractivity contribution in [3.8, 4) is 0 Å². The second-order valence-corrected chi connectivity index (χ2v) is 19.6. The number of aliphatic hydroxyl groups excluding tert-OH is 15. The summed E-state index contributed by atoms with van der Waals surface area (Å²) in [5.41, 5.74) is 10.5. The standard InChI is InChI=1S/C49H86N10O16/c1-3-30-49(75)59(23-28-20-27(12-14-31(28)54-30)48(74)58(2)24-39-55-32-10-6-7-11-33(32)56-39)19-9-5-4-8-18-51-47(73)34(15-17-41(67)53-22-36(63)43(69)45(71)38(65)26-61)57-46(72)29(50)13-16-40(66)52-21-35(62)42(68)44(70)37(64)25-60/h6-7,10-12,14,20,29-30,34-38,41-49,51,53-54,57,60-65,67-75H,3-5,8-9,13,15-19,21-26,50H2,1-2H3,(H,52,66)(H,55,56)/t29-,30?,34-,35+,36+,37+,38+,41+,42-,43+,44-,45+,46+,47+,48+,49+/m0/s1. The van der Waals surface area contributed by atoms with E-state index in [0.717, 1.165) is 47.4 Å². The topological polar surface area (TPSA) is 442 Å². The van der Waals surface area contributed by atoms with Crippen LogP contribution in [0.5, 0.6) is 0 Å². The minimum absolute atomic E-state index is 0.0112. The number of nitrogens with zero attached hydrogens (tertiary/aromatic N) is 3. The van der Waals surface area contributed by atoms with Crippen LogP contribution >= 0.6 is 0 Å². The molecule has 0 aliphatic carbocycles. The maximum Gasteiger partial charge on any atom is 0.220 e. The quantitative estimate of drug-likeness (QED) is 0.0191. The number of amides is 1. The predicted octanol–water partition coefficient (Wildman–Crippen LogP) is -5.46. The molecule has 0 bridgehead atoms. The van der Waals surface area contributed by atoms with Crippen molar-refractivity contribution < 1.29 is 81.4 Å². The fourth-order valence-electron chi connectivity index (χ4n) is 8.76. The molecule has 0 radical (unpaired) electrons. The van der Waals surface area contributed by atoms with Gasteiger partial charge in [0.1, 0.15) is 73.6 Å². The molecule has 26 heteroatoms. The average Bonchev–Trinajstić information content (AvgIpc) is 3.77. The Bertz CT molecular complexity index is 2050. The van der Waals surface area contributed by atoms with Crippen LogP contribution in [-0.2, 0) is 17.9 Å². The third-order valence-corrected chi connectivity index (χ3v) is 13.6. The number of fused-ring (bicyclic) bond motifs is 2. The maximum absolute atomic E-state index is 12.5. The maximum atomic E-state index is 12.5. The van der Waals surface area contributed by atoms with E-state index < -0.39 is 124 Å². The summed E-state index contributed by atoms with van der Waals surface area (Å²) >= 11 is 0. The first kappa shape index (κ1) is 63.9. The van der Waals surface area contributed by atoms with Gasteiger partial charge >= 0.3 is 0 Å². The number of H-pyrrole nitrogens is 1. The summed E-state index contributed by atoms with van der Waals surface area (Å²) in [6.07, 6.45) is -17.0. The fourth-order valence-corrected chi connectivity index (χ4v) is 8.76. The number of aromatic amines is 1. The smallest absolute Gasteiger partial charge is 0.220 e. The lowest BCUT2D eigenvalue weighted by Crippen LogP contribution is -2.56. The molecule has 0 fully saturated rings. The number of carbonyl (C=O) groups excluding carboxylic acids is 1. The van der Waals surface area contributed by atoms with E-state index in [1.807, 2.05) is 61.3 Å². The Balaban J connectivity index is 1.28. The van der Waals surface area contributed by atoms with E-state index in [2.05, 4.69) is 36.6 Å². The Labute approximate surface area is 436 Å². The van der Waals surface area contributed by atoms with Crippen LogP contribution in [0.2, 0.25) is 0 Å². The molecule has 3 aromatic rings. The molecule has 1 aromatic heterocycles. The van der Waals surface area contributed by atoms with Crippen molar-refractivity contribution in [2.75, 3.05) is 51.8 Å². The Morgan fingerprint density at radius 3 is 2.09 bits per heavy atom. The molecular formula is C49H86N10O16. The van der Waals surface area contributed by atoms with Crippen molar-refractivity contribution in [2.45, 2.75) is 176 Å². The largest absolute Gasteiger partial charge is 0.394 e. The zero-order chi connectivity index (χ0) is 55.4. The average molecular weight is 1070 g/mol. The second-order valence-electron chi connectivity index (χ2n) is 19.6. The van der Waals surface area contributed by atoms with E-state index in [-0.39, 0.29) is 31.7 Å². The molecule has 4 rings (SSSR count). The Kier molecular flexibility index (Phi) is 27.5. The van der Waals surface area contributed by atoms with Crippen molar-refractivity contribution in [3.63, 3.8) is 0 Å². The van der Waals surface area contributed by atoms with Gasteiger partial charge in [-0.3, -0.25) is 30.5 Å². The number of imidazole rings is 1. The molecule has 0 saturated heterocycles. The van der Waals surface area contributed by atoms with Gasteiger partial charge in [-0.15, -0.1) is 0 Å². The number of aromatic nitrogens is 2. The number of para-hydroxylation sites is 2. The monoisotopic (exact) mass is 1070 g/mol. The highest BCUT2D eigenvalue weighted by Crippen LogP contribution is 2.30. The third-order valence-electron chi connectivity index (χ3n) is 13.6. The lowest BCUT2D eigenvalue weighted by molar-refractivity contribution is -0.126. The molecule has 1 unspecified atom stereocenters. The first-order chi connectivity index (χ1) is 35.7. The number of aliphatic hydroxyl groups is 15. The Morgan fingerprint density at radius 2 is 1.44 bits per heavy atom. The summed E-state index contributed by atoms with van der Waals surface area (Å²) in [6, 6.07) is 11.2. The number of carbonyl (C=O) groups is 1. The summed E-state index contributed by atoms with van der Waals surface area (Å²) in [6.45, 7) is 1.06. The molecule has 26 nitrogen and oxygen atoms in total.